The second kappa shape index (κ2) is 4.68. The lowest BCUT2D eigenvalue weighted by molar-refractivity contribution is 0.0598. The monoisotopic (exact) mass is 261 g/mol. The molecule has 0 aromatic carbocycles. The van der Waals surface area contributed by atoms with Crippen molar-refractivity contribution in [1.82, 2.24) is 4.57 Å². The number of methoxy groups -OCH3 is 1. The lowest BCUT2D eigenvalue weighted by atomic mass is 9.80. The molecule has 1 aromatic heterocycles. The van der Waals surface area contributed by atoms with Gasteiger partial charge in [0.05, 0.1) is 7.11 Å². The van der Waals surface area contributed by atoms with Gasteiger partial charge in [0.1, 0.15) is 17.1 Å². The molecule has 0 aliphatic carbocycles. The number of aryl methyl sites for hydroxylation is 1. The maximum atomic E-state index is 11.8. The SMILES string of the molecule is C=C1OB(c2cc(C(=O)OC)c(=O)n(C)c2)OC1=C. The van der Waals surface area contributed by atoms with Crippen molar-refractivity contribution in [2.45, 2.75) is 0 Å². The predicted octanol–water partition coefficient (Wildman–Crippen LogP) is -0.0587. The Morgan fingerprint density at radius 2 is 1.95 bits per heavy atom. The molecule has 0 amide bonds. The van der Waals surface area contributed by atoms with Crippen molar-refractivity contribution in [3.8, 4) is 0 Å². The van der Waals surface area contributed by atoms with Gasteiger partial charge in [0.2, 0.25) is 0 Å². The number of nitrogens with zero attached hydrogens (tertiary/aromatic N) is 1. The molecule has 7 heteroatoms. The average molecular weight is 261 g/mol. The van der Waals surface area contributed by atoms with E-state index in [4.69, 9.17) is 9.31 Å². The van der Waals surface area contributed by atoms with E-state index in [0.717, 1.165) is 0 Å². The van der Waals surface area contributed by atoms with E-state index in [1.807, 2.05) is 0 Å². The van der Waals surface area contributed by atoms with Crippen LogP contribution in [0.1, 0.15) is 10.4 Å². The number of hydrogen-bond acceptors (Lipinski definition) is 5. The molecule has 0 N–H and O–H groups in total. The number of rotatable bonds is 2. The van der Waals surface area contributed by atoms with E-state index in [1.165, 1.54) is 31.0 Å². The minimum absolute atomic E-state index is 0.0853. The summed E-state index contributed by atoms with van der Waals surface area (Å²) in [6, 6.07) is 1.38. The number of aromatic nitrogens is 1. The summed E-state index contributed by atoms with van der Waals surface area (Å²) < 4.78 is 16.5. The summed E-state index contributed by atoms with van der Waals surface area (Å²) in [4.78, 5) is 23.3. The summed E-state index contributed by atoms with van der Waals surface area (Å²) in [6.45, 7) is 7.24. The zero-order chi connectivity index (χ0) is 14.2. The number of pyridine rings is 1. The quantitative estimate of drug-likeness (QED) is 0.551. The summed E-state index contributed by atoms with van der Waals surface area (Å²) in [5, 5.41) is 0. The van der Waals surface area contributed by atoms with Crippen LogP contribution in [0.3, 0.4) is 0 Å². The highest BCUT2D eigenvalue weighted by Crippen LogP contribution is 2.20. The van der Waals surface area contributed by atoms with Gasteiger partial charge in [-0.25, -0.2) is 4.79 Å². The number of ether oxygens (including phenoxy) is 1. The van der Waals surface area contributed by atoms with Gasteiger partial charge in [-0.05, 0) is 6.07 Å². The summed E-state index contributed by atoms with van der Waals surface area (Å²) >= 11 is 0. The molecule has 1 saturated heterocycles. The van der Waals surface area contributed by atoms with E-state index in [-0.39, 0.29) is 5.56 Å². The molecule has 2 rings (SSSR count). The van der Waals surface area contributed by atoms with Crippen molar-refractivity contribution in [3.63, 3.8) is 0 Å². The van der Waals surface area contributed by atoms with Gasteiger partial charge < -0.3 is 18.6 Å². The third kappa shape index (κ3) is 2.26. The maximum Gasteiger partial charge on any atom is 0.634 e. The van der Waals surface area contributed by atoms with Crippen molar-refractivity contribution in [2.75, 3.05) is 7.11 Å². The highest BCUT2D eigenvalue weighted by molar-refractivity contribution is 6.62. The zero-order valence-electron chi connectivity index (χ0n) is 10.6. The fraction of sp³-hybridized carbons (Fsp3) is 0.167. The lowest BCUT2D eigenvalue weighted by Gasteiger charge is -2.08. The van der Waals surface area contributed by atoms with Gasteiger partial charge in [-0.1, -0.05) is 13.2 Å². The second-order valence-electron chi connectivity index (χ2n) is 4.01. The molecule has 1 fully saturated rings. The molecule has 0 radical (unpaired) electrons. The molecule has 1 aliphatic rings. The van der Waals surface area contributed by atoms with E-state index in [2.05, 4.69) is 17.9 Å². The molecule has 0 unspecified atom stereocenters. The topological polar surface area (TPSA) is 66.8 Å². The van der Waals surface area contributed by atoms with Crippen LogP contribution in [-0.4, -0.2) is 24.8 Å². The number of carbonyl (C=O) groups is 1. The van der Waals surface area contributed by atoms with Gasteiger partial charge in [-0.15, -0.1) is 0 Å². The fourth-order valence-corrected chi connectivity index (χ4v) is 1.67. The molecule has 1 aromatic rings. The van der Waals surface area contributed by atoms with Crippen molar-refractivity contribution in [3.05, 3.63) is 52.9 Å². The summed E-state index contributed by atoms with van der Waals surface area (Å²) in [7, 11) is 1.97. The van der Waals surface area contributed by atoms with E-state index >= 15 is 0 Å². The van der Waals surface area contributed by atoms with Crippen LogP contribution in [0.2, 0.25) is 0 Å². The first-order valence-corrected chi connectivity index (χ1v) is 5.44. The second-order valence-corrected chi connectivity index (χ2v) is 4.01. The van der Waals surface area contributed by atoms with E-state index in [9.17, 15) is 9.59 Å². The molecule has 0 atom stereocenters. The van der Waals surface area contributed by atoms with Gasteiger partial charge in [0, 0.05) is 18.7 Å². The van der Waals surface area contributed by atoms with Crippen molar-refractivity contribution in [1.29, 1.82) is 0 Å². The summed E-state index contributed by atoms with van der Waals surface area (Å²) in [6.07, 6.45) is 1.52. The van der Waals surface area contributed by atoms with Crippen LogP contribution in [0.4, 0.5) is 0 Å². The Bertz CT molecular complexity index is 617. The molecule has 0 saturated carbocycles. The minimum Gasteiger partial charge on any atom is -0.520 e. The van der Waals surface area contributed by atoms with Crippen LogP contribution >= 0.6 is 0 Å². The molecule has 98 valence electrons. The van der Waals surface area contributed by atoms with Crippen LogP contribution in [0.5, 0.6) is 0 Å². The molecular formula is C12H12BNO5. The van der Waals surface area contributed by atoms with Crippen LogP contribution in [0, 0.1) is 0 Å². The van der Waals surface area contributed by atoms with Crippen molar-refractivity contribution < 1.29 is 18.8 Å². The number of carbonyl (C=O) groups excluding carboxylic acids is 1. The minimum atomic E-state index is -0.768. The van der Waals surface area contributed by atoms with Gasteiger partial charge in [0.15, 0.2) is 0 Å². The highest BCUT2D eigenvalue weighted by atomic mass is 16.6. The molecule has 0 bridgehead atoms. The highest BCUT2D eigenvalue weighted by Gasteiger charge is 2.36. The molecule has 6 nitrogen and oxygen atoms in total. The van der Waals surface area contributed by atoms with Crippen LogP contribution in [-0.2, 0) is 21.1 Å². The molecule has 0 spiro atoms. The van der Waals surface area contributed by atoms with Crippen molar-refractivity contribution >= 4 is 18.6 Å². The Morgan fingerprint density at radius 3 is 2.47 bits per heavy atom. The standard InChI is InChI=1S/C12H12BNO5/c1-7-8(2)19-13(18-7)9-5-10(12(16)17-4)11(15)14(3)6-9/h5-6H,1-2H2,3-4H3. The van der Waals surface area contributed by atoms with Gasteiger partial charge >= 0.3 is 13.1 Å². The number of hydrogen-bond donors (Lipinski definition) is 0. The Hall–Kier alpha value is -2.44. The molecular weight excluding hydrogens is 249 g/mol. The summed E-state index contributed by atoms with van der Waals surface area (Å²) in [5.74, 6) is -0.0740. The molecule has 2 heterocycles. The lowest BCUT2D eigenvalue weighted by Crippen LogP contribution is -2.38. The van der Waals surface area contributed by atoms with E-state index in [0.29, 0.717) is 17.0 Å². The Kier molecular flexibility index (Phi) is 3.20. The summed E-state index contributed by atoms with van der Waals surface area (Å²) in [5.41, 5.74) is -0.0358. The smallest absolute Gasteiger partial charge is 0.520 e. The van der Waals surface area contributed by atoms with E-state index < -0.39 is 18.6 Å². The van der Waals surface area contributed by atoms with Gasteiger partial charge in [0.25, 0.3) is 5.56 Å². The third-order valence-electron chi connectivity index (χ3n) is 2.69. The molecule has 1 aliphatic heterocycles. The van der Waals surface area contributed by atoms with Crippen LogP contribution in [0.25, 0.3) is 0 Å². The normalized spacial score (nSPS) is 14.1. The first kappa shape index (κ1) is 13.0. The third-order valence-corrected chi connectivity index (χ3v) is 2.69. The largest absolute Gasteiger partial charge is 0.634 e. The Balaban J connectivity index is 2.46. The van der Waals surface area contributed by atoms with Crippen molar-refractivity contribution in [2.24, 2.45) is 7.05 Å². The van der Waals surface area contributed by atoms with E-state index in [1.54, 1.807) is 0 Å². The maximum absolute atomic E-state index is 11.8. The molecule has 19 heavy (non-hydrogen) atoms. The predicted molar refractivity (Wildman–Crippen MR) is 68.9 cm³/mol. The fourth-order valence-electron chi connectivity index (χ4n) is 1.67. The first-order valence-electron chi connectivity index (χ1n) is 5.44. The Morgan fingerprint density at radius 1 is 1.37 bits per heavy atom. The number of esters is 1. The van der Waals surface area contributed by atoms with Gasteiger partial charge in [-0.3, -0.25) is 4.79 Å². The van der Waals surface area contributed by atoms with Crippen LogP contribution < -0.4 is 11.0 Å². The zero-order valence-corrected chi connectivity index (χ0v) is 10.6. The first-order chi connectivity index (χ1) is 8.93. The Labute approximate surface area is 110 Å². The average Bonchev–Trinajstić information content (AvgIpc) is 2.72. The van der Waals surface area contributed by atoms with Gasteiger partial charge in [-0.2, -0.15) is 0 Å². The van der Waals surface area contributed by atoms with Crippen LogP contribution in [0.15, 0.2) is 41.7 Å².